The molecule has 1 aromatic carbocycles. The average molecular weight is 294 g/mol. The van der Waals surface area contributed by atoms with Gasteiger partial charge in [0.2, 0.25) is 5.88 Å². The SMILES string of the molecule is CCNc1cc(Oc2cccc(Br)c2)ncn1. The smallest absolute Gasteiger partial charge is 0.224 e. The normalized spacial score (nSPS) is 10.0. The van der Waals surface area contributed by atoms with Crippen molar-refractivity contribution in [1.29, 1.82) is 0 Å². The van der Waals surface area contributed by atoms with Gasteiger partial charge in [-0.1, -0.05) is 22.0 Å². The molecule has 0 aliphatic rings. The molecule has 2 aromatic rings. The Morgan fingerprint density at radius 3 is 2.94 bits per heavy atom. The van der Waals surface area contributed by atoms with Crippen LogP contribution in [0.4, 0.5) is 5.82 Å². The molecule has 1 N–H and O–H groups in total. The number of anilines is 1. The molecule has 0 radical (unpaired) electrons. The summed E-state index contributed by atoms with van der Waals surface area (Å²) in [6, 6.07) is 9.38. The van der Waals surface area contributed by atoms with Gasteiger partial charge in [0, 0.05) is 17.1 Å². The minimum atomic E-state index is 0.522. The Labute approximate surface area is 108 Å². The zero-order valence-electron chi connectivity index (χ0n) is 9.35. The van der Waals surface area contributed by atoms with Crippen molar-refractivity contribution in [2.45, 2.75) is 6.92 Å². The molecule has 88 valence electrons. The maximum absolute atomic E-state index is 5.63. The molecule has 1 heterocycles. The van der Waals surface area contributed by atoms with E-state index in [1.165, 1.54) is 6.33 Å². The first-order chi connectivity index (χ1) is 8.28. The number of hydrogen-bond acceptors (Lipinski definition) is 4. The van der Waals surface area contributed by atoms with Gasteiger partial charge in [0.05, 0.1) is 0 Å². The van der Waals surface area contributed by atoms with Crippen LogP contribution in [-0.2, 0) is 0 Å². The Bertz CT molecular complexity index is 505. The van der Waals surface area contributed by atoms with Gasteiger partial charge in [0.1, 0.15) is 17.9 Å². The zero-order valence-corrected chi connectivity index (χ0v) is 10.9. The predicted molar refractivity (Wildman–Crippen MR) is 70.4 cm³/mol. The highest BCUT2D eigenvalue weighted by Gasteiger charge is 2.01. The van der Waals surface area contributed by atoms with E-state index >= 15 is 0 Å². The van der Waals surface area contributed by atoms with Gasteiger partial charge in [-0.25, -0.2) is 9.97 Å². The van der Waals surface area contributed by atoms with E-state index in [0.717, 1.165) is 22.6 Å². The lowest BCUT2D eigenvalue weighted by Crippen LogP contribution is -2.00. The van der Waals surface area contributed by atoms with Gasteiger partial charge in [-0.2, -0.15) is 0 Å². The average Bonchev–Trinajstić information content (AvgIpc) is 2.30. The van der Waals surface area contributed by atoms with Crippen molar-refractivity contribution in [3.63, 3.8) is 0 Å². The highest BCUT2D eigenvalue weighted by atomic mass is 79.9. The summed E-state index contributed by atoms with van der Waals surface area (Å²) in [4.78, 5) is 8.13. The molecule has 0 fully saturated rings. The Hall–Kier alpha value is -1.62. The van der Waals surface area contributed by atoms with Crippen molar-refractivity contribution in [3.05, 3.63) is 41.1 Å². The highest BCUT2D eigenvalue weighted by Crippen LogP contribution is 2.23. The Morgan fingerprint density at radius 2 is 2.18 bits per heavy atom. The largest absolute Gasteiger partial charge is 0.439 e. The topological polar surface area (TPSA) is 47.0 Å². The van der Waals surface area contributed by atoms with Crippen LogP contribution < -0.4 is 10.1 Å². The van der Waals surface area contributed by atoms with E-state index in [-0.39, 0.29) is 0 Å². The molecule has 0 amide bonds. The molecule has 2 rings (SSSR count). The quantitative estimate of drug-likeness (QED) is 0.938. The van der Waals surface area contributed by atoms with Crippen LogP contribution in [0, 0.1) is 0 Å². The van der Waals surface area contributed by atoms with Crippen LogP contribution in [0.3, 0.4) is 0 Å². The summed E-state index contributed by atoms with van der Waals surface area (Å²) in [7, 11) is 0. The lowest BCUT2D eigenvalue weighted by Gasteiger charge is -2.06. The summed E-state index contributed by atoms with van der Waals surface area (Å²) < 4.78 is 6.59. The molecule has 0 bridgehead atoms. The first-order valence-corrected chi connectivity index (χ1v) is 6.06. The Kier molecular flexibility index (Phi) is 3.93. The van der Waals surface area contributed by atoms with Gasteiger partial charge in [0.15, 0.2) is 0 Å². The Balaban J connectivity index is 2.15. The van der Waals surface area contributed by atoms with Gasteiger partial charge in [-0.15, -0.1) is 0 Å². The first-order valence-electron chi connectivity index (χ1n) is 5.27. The molecule has 4 nitrogen and oxygen atoms in total. The summed E-state index contributed by atoms with van der Waals surface area (Å²) in [5.74, 6) is 2.02. The predicted octanol–water partition coefficient (Wildman–Crippen LogP) is 3.46. The van der Waals surface area contributed by atoms with E-state index in [4.69, 9.17) is 4.74 Å². The van der Waals surface area contributed by atoms with Crippen molar-refractivity contribution in [2.75, 3.05) is 11.9 Å². The maximum atomic E-state index is 5.63. The first kappa shape index (κ1) is 11.9. The van der Waals surface area contributed by atoms with Crippen molar-refractivity contribution in [3.8, 4) is 11.6 Å². The molecule has 17 heavy (non-hydrogen) atoms. The van der Waals surface area contributed by atoms with E-state index < -0.39 is 0 Å². The maximum Gasteiger partial charge on any atom is 0.224 e. The molecule has 0 spiro atoms. The van der Waals surface area contributed by atoms with Crippen LogP contribution in [0.5, 0.6) is 11.6 Å². The second kappa shape index (κ2) is 5.63. The molecule has 0 aliphatic carbocycles. The van der Waals surface area contributed by atoms with Crippen LogP contribution in [0.1, 0.15) is 6.92 Å². The molecular formula is C12H12BrN3O. The number of aromatic nitrogens is 2. The third-order valence-electron chi connectivity index (χ3n) is 2.02. The molecule has 0 saturated heterocycles. The van der Waals surface area contributed by atoms with Crippen molar-refractivity contribution >= 4 is 21.7 Å². The highest BCUT2D eigenvalue weighted by molar-refractivity contribution is 9.10. The summed E-state index contributed by atoms with van der Waals surface area (Å²) in [5.41, 5.74) is 0. The van der Waals surface area contributed by atoms with Gasteiger partial charge >= 0.3 is 0 Å². The number of rotatable bonds is 4. The fraction of sp³-hybridized carbons (Fsp3) is 0.167. The van der Waals surface area contributed by atoms with E-state index in [9.17, 15) is 0 Å². The van der Waals surface area contributed by atoms with Gasteiger partial charge in [-0.05, 0) is 25.1 Å². The fourth-order valence-corrected chi connectivity index (χ4v) is 1.70. The monoisotopic (exact) mass is 293 g/mol. The lowest BCUT2D eigenvalue weighted by atomic mass is 10.3. The summed E-state index contributed by atoms with van der Waals surface area (Å²) in [5, 5.41) is 3.10. The third-order valence-corrected chi connectivity index (χ3v) is 2.51. The van der Waals surface area contributed by atoms with Crippen LogP contribution in [0.25, 0.3) is 0 Å². The number of nitrogens with one attached hydrogen (secondary N) is 1. The van der Waals surface area contributed by atoms with Crippen LogP contribution in [-0.4, -0.2) is 16.5 Å². The fourth-order valence-electron chi connectivity index (χ4n) is 1.32. The summed E-state index contributed by atoms with van der Waals surface area (Å²) in [6.45, 7) is 2.82. The molecule has 0 unspecified atom stereocenters. The van der Waals surface area contributed by atoms with Crippen molar-refractivity contribution in [1.82, 2.24) is 9.97 Å². The molecule has 5 heteroatoms. The summed E-state index contributed by atoms with van der Waals surface area (Å²) in [6.07, 6.45) is 1.48. The van der Waals surface area contributed by atoms with E-state index in [0.29, 0.717) is 5.88 Å². The lowest BCUT2D eigenvalue weighted by molar-refractivity contribution is 0.461. The third kappa shape index (κ3) is 3.42. The number of ether oxygens (including phenoxy) is 1. The summed E-state index contributed by atoms with van der Waals surface area (Å²) >= 11 is 3.39. The van der Waals surface area contributed by atoms with Gasteiger partial charge in [0.25, 0.3) is 0 Å². The Morgan fingerprint density at radius 1 is 1.29 bits per heavy atom. The minimum Gasteiger partial charge on any atom is -0.439 e. The van der Waals surface area contributed by atoms with Crippen molar-refractivity contribution < 1.29 is 4.74 Å². The number of hydrogen-bond donors (Lipinski definition) is 1. The van der Waals surface area contributed by atoms with Gasteiger partial charge < -0.3 is 10.1 Å². The zero-order chi connectivity index (χ0) is 12.1. The molecular weight excluding hydrogens is 282 g/mol. The standard InChI is InChI=1S/C12H12BrN3O/c1-2-14-11-7-12(16-8-15-11)17-10-5-3-4-9(13)6-10/h3-8H,2H2,1H3,(H,14,15,16). The van der Waals surface area contributed by atoms with E-state index in [2.05, 4.69) is 31.2 Å². The second-order valence-electron chi connectivity index (χ2n) is 3.33. The van der Waals surface area contributed by atoms with Gasteiger partial charge in [-0.3, -0.25) is 0 Å². The number of nitrogens with zero attached hydrogens (tertiary/aromatic N) is 2. The molecule has 1 aromatic heterocycles. The molecule has 0 atom stereocenters. The second-order valence-corrected chi connectivity index (χ2v) is 4.25. The molecule has 0 saturated carbocycles. The molecule has 0 aliphatic heterocycles. The number of halogens is 1. The van der Waals surface area contributed by atoms with E-state index in [1.807, 2.05) is 31.2 Å². The van der Waals surface area contributed by atoms with Crippen LogP contribution >= 0.6 is 15.9 Å². The number of benzene rings is 1. The van der Waals surface area contributed by atoms with Crippen LogP contribution in [0.15, 0.2) is 41.1 Å². The van der Waals surface area contributed by atoms with E-state index in [1.54, 1.807) is 6.07 Å². The van der Waals surface area contributed by atoms with Crippen molar-refractivity contribution in [2.24, 2.45) is 0 Å². The van der Waals surface area contributed by atoms with Crippen LogP contribution in [0.2, 0.25) is 0 Å². The minimum absolute atomic E-state index is 0.522.